The van der Waals surface area contributed by atoms with Crippen molar-refractivity contribution in [1.29, 1.82) is 5.26 Å². The Morgan fingerprint density at radius 2 is 2.11 bits per heavy atom. The highest BCUT2D eigenvalue weighted by molar-refractivity contribution is 5.80. The van der Waals surface area contributed by atoms with Gasteiger partial charge in [0.2, 0.25) is 0 Å². The molecule has 7 heteroatoms. The van der Waals surface area contributed by atoms with E-state index in [9.17, 15) is 5.26 Å². The Kier molecular flexibility index (Phi) is 6.34. The number of hydrogen-bond donors (Lipinski definition) is 1. The number of pyridine rings is 1. The first-order valence-corrected chi connectivity index (χ1v) is 9.39. The monoisotopic (exact) mass is 382 g/mol. The van der Waals surface area contributed by atoms with Crippen LogP contribution in [0, 0.1) is 11.3 Å². The number of nitrogen functional groups attached to an aromatic ring is 1. The molecular formula is C21H26N4O3. The molecule has 1 aliphatic rings. The number of likely N-dealkylation sites (N-methyl/N-ethyl adjacent to an activating group) is 1. The summed E-state index contributed by atoms with van der Waals surface area (Å²) >= 11 is 0. The predicted molar refractivity (Wildman–Crippen MR) is 107 cm³/mol. The van der Waals surface area contributed by atoms with Gasteiger partial charge in [0.1, 0.15) is 24.1 Å². The van der Waals surface area contributed by atoms with Crippen LogP contribution in [0.3, 0.4) is 0 Å². The van der Waals surface area contributed by atoms with E-state index in [-0.39, 0.29) is 5.82 Å². The van der Waals surface area contributed by atoms with E-state index in [1.54, 1.807) is 0 Å². The van der Waals surface area contributed by atoms with Crippen LogP contribution in [-0.2, 0) is 17.8 Å². The van der Waals surface area contributed by atoms with Crippen LogP contribution in [0.15, 0.2) is 18.2 Å². The third-order valence-electron chi connectivity index (χ3n) is 4.58. The lowest BCUT2D eigenvalue weighted by molar-refractivity contribution is 0.109. The third kappa shape index (κ3) is 4.19. The van der Waals surface area contributed by atoms with Gasteiger partial charge in [-0.3, -0.25) is 0 Å². The van der Waals surface area contributed by atoms with E-state index in [2.05, 4.69) is 16.0 Å². The molecule has 0 saturated heterocycles. The zero-order valence-electron chi connectivity index (χ0n) is 16.6. The van der Waals surface area contributed by atoms with E-state index in [1.165, 1.54) is 0 Å². The summed E-state index contributed by atoms with van der Waals surface area (Å²) in [4.78, 5) is 6.47. The number of nitrogens with zero attached hydrogens (tertiary/aromatic N) is 3. The summed E-state index contributed by atoms with van der Waals surface area (Å²) in [6.07, 6.45) is 0.683. The zero-order chi connectivity index (χ0) is 20.1. The molecule has 0 radical (unpaired) electrons. The van der Waals surface area contributed by atoms with Gasteiger partial charge in [0, 0.05) is 24.1 Å². The number of nitrogens with two attached hydrogens (primary N) is 1. The van der Waals surface area contributed by atoms with Crippen molar-refractivity contribution >= 4 is 5.82 Å². The van der Waals surface area contributed by atoms with Crippen molar-refractivity contribution in [2.45, 2.75) is 20.0 Å². The number of fused-ring (bicyclic) bond motifs is 1. The van der Waals surface area contributed by atoms with E-state index < -0.39 is 0 Å². The fraction of sp³-hybridized carbons (Fsp3) is 0.429. The summed E-state index contributed by atoms with van der Waals surface area (Å²) in [5.41, 5.74) is 9.87. The van der Waals surface area contributed by atoms with Crippen LogP contribution in [0.5, 0.6) is 11.5 Å². The molecule has 2 aromatic rings. The molecule has 3 rings (SSSR count). The fourth-order valence-corrected chi connectivity index (χ4v) is 3.22. The molecule has 7 nitrogen and oxygen atoms in total. The number of aromatic nitrogens is 1. The molecular weight excluding hydrogens is 356 g/mol. The standard InChI is InChI=1S/C21H26N4O3/c1-4-27-19-11-14(5-6-18(19)28-10-8-25(2)3)20-15(12-22)21(23)24-17-7-9-26-13-16(17)20/h5-6,11H,4,7-10,13H2,1-3H3,(H2,23,24). The lowest BCUT2D eigenvalue weighted by atomic mass is 9.92. The van der Waals surface area contributed by atoms with Crippen molar-refractivity contribution in [3.05, 3.63) is 35.0 Å². The summed E-state index contributed by atoms with van der Waals surface area (Å²) in [5, 5.41) is 9.69. The quantitative estimate of drug-likeness (QED) is 0.787. The molecule has 0 aliphatic carbocycles. The Hall–Kier alpha value is -2.82. The van der Waals surface area contributed by atoms with Crippen LogP contribution in [0.25, 0.3) is 11.1 Å². The molecule has 0 amide bonds. The van der Waals surface area contributed by atoms with Gasteiger partial charge in [-0.05, 0) is 38.7 Å². The Balaban J connectivity index is 2.05. The van der Waals surface area contributed by atoms with Crippen LogP contribution in [0.4, 0.5) is 5.82 Å². The number of ether oxygens (including phenoxy) is 3. The molecule has 1 aromatic carbocycles. The second-order valence-electron chi connectivity index (χ2n) is 6.83. The summed E-state index contributed by atoms with van der Waals surface area (Å²) in [5.74, 6) is 1.57. The van der Waals surface area contributed by atoms with Crippen molar-refractivity contribution < 1.29 is 14.2 Å². The first-order valence-electron chi connectivity index (χ1n) is 9.39. The maximum Gasteiger partial charge on any atom is 0.161 e. The average molecular weight is 382 g/mol. The molecule has 2 heterocycles. The molecule has 1 aromatic heterocycles. The van der Waals surface area contributed by atoms with Gasteiger partial charge in [-0.1, -0.05) is 6.07 Å². The van der Waals surface area contributed by atoms with Crippen LogP contribution in [-0.4, -0.2) is 50.3 Å². The summed E-state index contributed by atoms with van der Waals surface area (Å²) in [6.45, 7) is 4.82. The van der Waals surface area contributed by atoms with E-state index in [4.69, 9.17) is 19.9 Å². The maximum absolute atomic E-state index is 9.69. The molecule has 1 aliphatic heterocycles. The molecule has 0 saturated carbocycles. The lowest BCUT2D eigenvalue weighted by Gasteiger charge is -2.22. The number of benzene rings is 1. The smallest absolute Gasteiger partial charge is 0.161 e. The lowest BCUT2D eigenvalue weighted by Crippen LogP contribution is -2.19. The number of nitriles is 1. The van der Waals surface area contributed by atoms with Gasteiger partial charge >= 0.3 is 0 Å². The SMILES string of the molecule is CCOc1cc(-c2c(C#N)c(N)nc3c2COCC3)ccc1OCCN(C)C. The molecule has 2 N–H and O–H groups in total. The number of anilines is 1. The zero-order valence-corrected chi connectivity index (χ0v) is 16.6. The van der Waals surface area contributed by atoms with Crippen molar-refractivity contribution in [2.24, 2.45) is 0 Å². The Bertz CT molecular complexity index is 890. The molecule has 0 fully saturated rings. The highest BCUT2D eigenvalue weighted by atomic mass is 16.5. The van der Waals surface area contributed by atoms with Crippen LogP contribution >= 0.6 is 0 Å². The van der Waals surface area contributed by atoms with Crippen molar-refractivity contribution in [2.75, 3.05) is 46.2 Å². The van der Waals surface area contributed by atoms with Gasteiger partial charge in [-0.25, -0.2) is 4.98 Å². The van der Waals surface area contributed by atoms with Gasteiger partial charge in [0.25, 0.3) is 0 Å². The van der Waals surface area contributed by atoms with E-state index in [0.717, 1.165) is 28.9 Å². The molecule has 0 bridgehead atoms. The van der Waals surface area contributed by atoms with Crippen LogP contribution in [0.1, 0.15) is 23.7 Å². The minimum absolute atomic E-state index is 0.252. The number of hydrogen-bond acceptors (Lipinski definition) is 7. The van der Waals surface area contributed by atoms with E-state index in [1.807, 2.05) is 39.2 Å². The first kappa shape index (κ1) is 19.9. The van der Waals surface area contributed by atoms with Crippen LogP contribution in [0.2, 0.25) is 0 Å². The van der Waals surface area contributed by atoms with Crippen LogP contribution < -0.4 is 15.2 Å². The van der Waals surface area contributed by atoms with Crippen molar-refractivity contribution in [3.63, 3.8) is 0 Å². The minimum atomic E-state index is 0.252. The predicted octanol–water partition coefficient (Wildman–Crippen LogP) is 2.61. The first-order chi connectivity index (χ1) is 13.5. The molecule has 0 unspecified atom stereocenters. The highest BCUT2D eigenvalue weighted by Crippen LogP contribution is 2.38. The van der Waals surface area contributed by atoms with Gasteiger partial charge < -0.3 is 24.8 Å². The van der Waals surface area contributed by atoms with Gasteiger partial charge in [-0.2, -0.15) is 5.26 Å². The highest BCUT2D eigenvalue weighted by Gasteiger charge is 2.23. The molecule has 148 valence electrons. The van der Waals surface area contributed by atoms with Crippen molar-refractivity contribution in [1.82, 2.24) is 9.88 Å². The summed E-state index contributed by atoms with van der Waals surface area (Å²) < 4.78 is 17.3. The van der Waals surface area contributed by atoms with Gasteiger partial charge in [-0.15, -0.1) is 0 Å². The molecule has 28 heavy (non-hydrogen) atoms. The summed E-state index contributed by atoms with van der Waals surface area (Å²) in [7, 11) is 4.00. The van der Waals surface area contributed by atoms with E-state index in [0.29, 0.717) is 49.9 Å². The Labute approximate surface area is 165 Å². The topological polar surface area (TPSA) is 93.6 Å². The van der Waals surface area contributed by atoms with E-state index >= 15 is 0 Å². The molecule has 0 spiro atoms. The minimum Gasteiger partial charge on any atom is -0.490 e. The summed E-state index contributed by atoms with van der Waals surface area (Å²) in [6, 6.07) is 7.91. The Morgan fingerprint density at radius 1 is 1.29 bits per heavy atom. The van der Waals surface area contributed by atoms with Gasteiger partial charge in [0.15, 0.2) is 11.5 Å². The van der Waals surface area contributed by atoms with Gasteiger partial charge in [0.05, 0.1) is 25.5 Å². The fourth-order valence-electron chi connectivity index (χ4n) is 3.22. The Morgan fingerprint density at radius 3 is 2.82 bits per heavy atom. The molecule has 0 atom stereocenters. The number of rotatable bonds is 7. The second-order valence-corrected chi connectivity index (χ2v) is 6.83. The largest absolute Gasteiger partial charge is 0.490 e. The third-order valence-corrected chi connectivity index (χ3v) is 4.58. The second kappa shape index (κ2) is 8.91. The maximum atomic E-state index is 9.69. The normalized spacial score (nSPS) is 13.1. The van der Waals surface area contributed by atoms with Crippen molar-refractivity contribution in [3.8, 4) is 28.7 Å². The average Bonchev–Trinajstić information content (AvgIpc) is 2.68.